The van der Waals surface area contributed by atoms with Crippen molar-refractivity contribution in [1.29, 1.82) is 0 Å². The summed E-state index contributed by atoms with van der Waals surface area (Å²) in [5.41, 5.74) is 1.33. The number of hydrogen-bond acceptors (Lipinski definition) is 4. The monoisotopic (exact) mass is 311 g/mol. The van der Waals surface area contributed by atoms with Gasteiger partial charge in [-0.25, -0.2) is 9.97 Å². The maximum atomic E-state index is 4.21. The van der Waals surface area contributed by atoms with Crippen LogP contribution in [0.25, 0.3) is 0 Å². The van der Waals surface area contributed by atoms with Gasteiger partial charge in [-0.15, -0.1) is 11.3 Å². The molecule has 1 unspecified atom stereocenters. The second-order valence-electron chi connectivity index (χ2n) is 3.95. The second-order valence-corrected chi connectivity index (χ2v) is 6.27. The van der Waals surface area contributed by atoms with E-state index in [1.807, 2.05) is 11.3 Å². The van der Waals surface area contributed by atoms with Gasteiger partial charge in [-0.3, -0.25) is 0 Å². The summed E-state index contributed by atoms with van der Waals surface area (Å²) in [5, 5.41) is 3.39. The summed E-state index contributed by atoms with van der Waals surface area (Å²) in [6, 6.07) is 2.47. The molecule has 5 heteroatoms. The lowest BCUT2D eigenvalue weighted by molar-refractivity contribution is 0.867. The third-order valence-electron chi connectivity index (χ3n) is 2.57. The maximum absolute atomic E-state index is 4.21. The fourth-order valence-corrected chi connectivity index (χ4v) is 3.14. The van der Waals surface area contributed by atoms with Gasteiger partial charge in [0.15, 0.2) is 0 Å². The van der Waals surface area contributed by atoms with E-state index in [4.69, 9.17) is 0 Å². The molecule has 90 valence electrons. The topological polar surface area (TPSA) is 37.8 Å². The Bertz CT molecular complexity index is 524. The van der Waals surface area contributed by atoms with Gasteiger partial charge in [-0.1, -0.05) is 0 Å². The number of hydrogen-bond donors (Lipinski definition) is 1. The molecule has 0 aliphatic rings. The van der Waals surface area contributed by atoms with Crippen molar-refractivity contribution in [2.75, 3.05) is 5.32 Å². The average Bonchev–Trinajstić information content (AvgIpc) is 2.61. The lowest BCUT2D eigenvalue weighted by Gasteiger charge is -2.15. The van der Waals surface area contributed by atoms with E-state index in [1.54, 1.807) is 12.5 Å². The van der Waals surface area contributed by atoms with E-state index in [0.717, 1.165) is 10.3 Å². The Morgan fingerprint density at radius 2 is 2.18 bits per heavy atom. The van der Waals surface area contributed by atoms with E-state index in [0.29, 0.717) is 0 Å². The molecule has 0 spiro atoms. The molecule has 1 N–H and O–H groups in total. The van der Waals surface area contributed by atoms with Gasteiger partial charge in [0.05, 0.1) is 10.5 Å². The Hall–Kier alpha value is -0.940. The predicted octanol–water partition coefficient (Wildman–Crippen LogP) is 4.09. The van der Waals surface area contributed by atoms with Gasteiger partial charge in [-0.05, 0) is 48.3 Å². The quantitative estimate of drug-likeness (QED) is 0.927. The van der Waals surface area contributed by atoms with Crippen LogP contribution in [-0.2, 0) is 0 Å². The molecule has 1 atom stereocenters. The summed E-state index contributed by atoms with van der Waals surface area (Å²) in [7, 11) is 0. The third kappa shape index (κ3) is 2.84. The van der Waals surface area contributed by atoms with Crippen LogP contribution in [0.1, 0.15) is 28.3 Å². The first kappa shape index (κ1) is 12.5. The van der Waals surface area contributed by atoms with Crippen molar-refractivity contribution >= 4 is 33.1 Å². The molecular formula is C12H14BrN3S. The Morgan fingerprint density at radius 1 is 1.41 bits per heavy atom. The van der Waals surface area contributed by atoms with Crippen molar-refractivity contribution in [1.82, 2.24) is 9.97 Å². The molecule has 0 bridgehead atoms. The minimum atomic E-state index is 0.242. The molecule has 2 rings (SSSR count). The van der Waals surface area contributed by atoms with Gasteiger partial charge in [0, 0.05) is 16.0 Å². The molecule has 0 radical (unpaired) electrons. The van der Waals surface area contributed by atoms with E-state index in [-0.39, 0.29) is 6.04 Å². The van der Waals surface area contributed by atoms with Crippen molar-refractivity contribution in [3.8, 4) is 0 Å². The van der Waals surface area contributed by atoms with Crippen LogP contribution in [0.3, 0.4) is 0 Å². The van der Waals surface area contributed by atoms with Crippen LogP contribution < -0.4 is 5.32 Å². The molecule has 0 saturated carbocycles. The lowest BCUT2D eigenvalue weighted by atomic mass is 10.1. The second kappa shape index (κ2) is 5.14. The summed E-state index contributed by atoms with van der Waals surface area (Å²) in [6.45, 7) is 6.43. The zero-order valence-electron chi connectivity index (χ0n) is 9.99. The highest BCUT2D eigenvalue weighted by Gasteiger charge is 2.12. The van der Waals surface area contributed by atoms with Crippen LogP contribution in [0.4, 0.5) is 5.82 Å². The molecule has 2 aromatic rings. The van der Waals surface area contributed by atoms with E-state index in [9.17, 15) is 0 Å². The summed E-state index contributed by atoms with van der Waals surface area (Å²) >= 11 is 5.26. The van der Waals surface area contributed by atoms with Crippen LogP contribution >= 0.6 is 27.3 Å². The Balaban J connectivity index is 2.20. The normalized spacial score (nSPS) is 12.5. The fourth-order valence-electron chi connectivity index (χ4n) is 1.78. The Kier molecular flexibility index (Phi) is 3.79. The number of anilines is 1. The number of halogens is 1. The first-order chi connectivity index (χ1) is 8.08. The zero-order valence-corrected chi connectivity index (χ0v) is 12.4. The average molecular weight is 312 g/mol. The summed E-state index contributed by atoms with van der Waals surface area (Å²) in [4.78, 5) is 10.9. The number of rotatable bonds is 3. The van der Waals surface area contributed by atoms with Crippen molar-refractivity contribution in [3.63, 3.8) is 0 Å². The van der Waals surface area contributed by atoms with Crippen LogP contribution in [0.15, 0.2) is 23.1 Å². The minimum Gasteiger partial charge on any atom is -0.362 e. The first-order valence-corrected chi connectivity index (χ1v) is 6.98. The minimum absolute atomic E-state index is 0.242. The number of aromatic nitrogens is 2. The number of thiophene rings is 1. The lowest BCUT2D eigenvalue weighted by Crippen LogP contribution is -2.08. The first-order valence-electron chi connectivity index (χ1n) is 5.37. The largest absolute Gasteiger partial charge is 0.362 e. The standard InChI is InChI=1S/C12H14BrN3S/c1-7-4-10(9(3)17-7)8(2)16-12-11(13)5-14-6-15-12/h4-6,8H,1-3H3,(H,14,15,16). The van der Waals surface area contributed by atoms with E-state index < -0.39 is 0 Å². The number of nitrogens with one attached hydrogen (secondary N) is 1. The Morgan fingerprint density at radius 3 is 2.76 bits per heavy atom. The smallest absolute Gasteiger partial charge is 0.144 e. The van der Waals surface area contributed by atoms with E-state index >= 15 is 0 Å². The molecule has 0 amide bonds. The molecule has 0 aliphatic carbocycles. The van der Waals surface area contributed by atoms with Crippen LogP contribution in [-0.4, -0.2) is 9.97 Å². The van der Waals surface area contributed by atoms with Crippen molar-refractivity contribution in [3.05, 3.63) is 38.4 Å². The molecular weight excluding hydrogens is 298 g/mol. The highest BCUT2D eigenvalue weighted by Crippen LogP contribution is 2.29. The van der Waals surface area contributed by atoms with Crippen LogP contribution in [0, 0.1) is 13.8 Å². The highest BCUT2D eigenvalue weighted by molar-refractivity contribution is 9.10. The SMILES string of the molecule is Cc1cc(C(C)Nc2ncncc2Br)c(C)s1. The van der Waals surface area contributed by atoms with Gasteiger partial charge in [-0.2, -0.15) is 0 Å². The molecule has 2 aromatic heterocycles. The molecule has 0 fully saturated rings. The molecule has 17 heavy (non-hydrogen) atoms. The van der Waals surface area contributed by atoms with E-state index in [1.165, 1.54) is 15.3 Å². The van der Waals surface area contributed by atoms with Crippen molar-refractivity contribution in [2.24, 2.45) is 0 Å². The van der Waals surface area contributed by atoms with Crippen LogP contribution in [0.5, 0.6) is 0 Å². The highest BCUT2D eigenvalue weighted by atomic mass is 79.9. The number of aryl methyl sites for hydroxylation is 2. The summed E-state index contributed by atoms with van der Waals surface area (Å²) < 4.78 is 0.886. The molecule has 0 aliphatic heterocycles. The van der Waals surface area contributed by atoms with Crippen molar-refractivity contribution < 1.29 is 0 Å². The van der Waals surface area contributed by atoms with Crippen LogP contribution in [0.2, 0.25) is 0 Å². The van der Waals surface area contributed by atoms with Gasteiger partial charge in [0.1, 0.15) is 12.1 Å². The van der Waals surface area contributed by atoms with Gasteiger partial charge < -0.3 is 5.32 Å². The molecule has 0 saturated heterocycles. The fraction of sp³-hybridized carbons (Fsp3) is 0.333. The predicted molar refractivity (Wildman–Crippen MR) is 75.6 cm³/mol. The molecule has 2 heterocycles. The van der Waals surface area contributed by atoms with Crippen molar-refractivity contribution in [2.45, 2.75) is 26.8 Å². The maximum Gasteiger partial charge on any atom is 0.144 e. The third-order valence-corrected chi connectivity index (χ3v) is 4.13. The zero-order chi connectivity index (χ0) is 12.4. The number of nitrogens with zero attached hydrogens (tertiary/aromatic N) is 2. The molecule has 3 nitrogen and oxygen atoms in total. The van der Waals surface area contributed by atoms with Gasteiger partial charge in [0.2, 0.25) is 0 Å². The summed E-state index contributed by atoms with van der Waals surface area (Å²) in [5.74, 6) is 0.829. The van der Waals surface area contributed by atoms with E-state index in [2.05, 4.69) is 58.1 Å². The van der Waals surface area contributed by atoms with Gasteiger partial charge in [0.25, 0.3) is 0 Å². The Labute approximate surface area is 113 Å². The molecule has 0 aromatic carbocycles. The van der Waals surface area contributed by atoms with Gasteiger partial charge >= 0.3 is 0 Å². The summed E-state index contributed by atoms with van der Waals surface area (Å²) in [6.07, 6.45) is 3.29.